The Morgan fingerprint density at radius 1 is 1.28 bits per heavy atom. The number of imidazole rings is 1. The minimum Gasteiger partial charge on any atom is -0.432 e. The molecule has 4 aromatic rings. The van der Waals surface area contributed by atoms with Crippen molar-refractivity contribution in [1.29, 1.82) is 0 Å². The summed E-state index contributed by atoms with van der Waals surface area (Å²) in [5.74, 6) is -2.05. The van der Waals surface area contributed by atoms with Crippen LogP contribution in [0, 0.1) is 0 Å². The fourth-order valence-corrected chi connectivity index (χ4v) is 4.47. The van der Waals surface area contributed by atoms with Crippen molar-refractivity contribution in [2.24, 2.45) is 0 Å². The summed E-state index contributed by atoms with van der Waals surface area (Å²) in [6, 6.07) is 3.84. The van der Waals surface area contributed by atoms with Gasteiger partial charge in [0.25, 0.3) is 12.3 Å². The topological polar surface area (TPSA) is 113 Å². The molecule has 0 unspecified atom stereocenters. The molecular formula is C22H17F5N6O3. The number of aliphatic hydroxyl groups is 1. The maximum absolute atomic E-state index is 13.8. The number of hydrogen-bond donors (Lipinski definition) is 2. The number of pyridine rings is 1. The fraction of sp³-hybridized carbons (Fsp3) is 0.364. The zero-order valence-corrected chi connectivity index (χ0v) is 18.3. The lowest BCUT2D eigenvalue weighted by molar-refractivity contribution is -0.142. The Labute approximate surface area is 198 Å². The minimum atomic E-state index is -4.69. The summed E-state index contributed by atoms with van der Waals surface area (Å²) in [5.41, 5.74) is -2.26. The first-order valence-corrected chi connectivity index (χ1v) is 11.0. The zero-order valence-electron chi connectivity index (χ0n) is 18.3. The molecule has 1 saturated carbocycles. The van der Waals surface area contributed by atoms with Gasteiger partial charge in [-0.2, -0.15) is 18.3 Å². The number of rotatable bonds is 4. The average molecular weight is 508 g/mol. The van der Waals surface area contributed by atoms with Crippen LogP contribution in [0.4, 0.5) is 22.0 Å². The van der Waals surface area contributed by atoms with Gasteiger partial charge >= 0.3 is 6.18 Å². The summed E-state index contributed by atoms with van der Waals surface area (Å²) < 4.78 is 74.3. The minimum absolute atomic E-state index is 0.0155. The molecule has 2 N–H and O–H groups in total. The smallest absolute Gasteiger partial charge is 0.432 e. The number of hydrogen-bond acceptors (Lipinski definition) is 6. The number of oxazole rings is 1. The highest BCUT2D eigenvalue weighted by Gasteiger charge is 2.49. The Kier molecular flexibility index (Phi) is 4.78. The van der Waals surface area contributed by atoms with E-state index >= 15 is 0 Å². The molecule has 1 amide bonds. The molecule has 0 aromatic carbocycles. The number of alkyl halides is 5. The van der Waals surface area contributed by atoms with E-state index in [1.165, 1.54) is 29.4 Å². The molecule has 188 valence electrons. The van der Waals surface area contributed by atoms with E-state index in [4.69, 9.17) is 4.42 Å². The van der Waals surface area contributed by atoms with Crippen LogP contribution >= 0.6 is 0 Å². The van der Waals surface area contributed by atoms with E-state index in [0.717, 1.165) is 10.6 Å². The van der Waals surface area contributed by atoms with Crippen molar-refractivity contribution < 1.29 is 36.3 Å². The van der Waals surface area contributed by atoms with E-state index in [1.807, 2.05) is 0 Å². The first-order chi connectivity index (χ1) is 17.1. The predicted octanol–water partition coefficient (Wildman–Crippen LogP) is 3.77. The molecule has 36 heavy (non-hydrogen) atoms. The van der Waals surface area contributed by atoms with Crippen molar-refractivity contribution in [2.45, 2.75) is 43.5 Å². The van der Waals surface area contributed by atoms with Crippen LogP contribution in [-0.4, -0.2) is 47.0 Å². The number of nitrogens with zero attached hydrogens (tertiary/aromatic N) is 5. The number of halogens is 5. The molecule has 9 nitrogen and oxygen atoms in total. The standard InChI is InChI=1S/C22H17F5N6O3/c23-18(24)15-17(36-20(30-15)21(35)5-6-21)19(34)32-7-4-11-14(29-9-28-11)16(32)12-8-10-2-1-3-13(22(25,26)27)33(10)31-12/h1-3,8-9,16,18,35H,4-7H2,(H,28,29)/t16-/m0/s1. The van der Waals surface area contributed by atoms with Gasteiger partial charge in [-0.1, -0.05) is 6.07 Å². The van der Waals surface area contributed by atoms with Gasteiger partial charge in [0.1, 0.15) is 17.3 Å². The summed E-state index contributed by atoms with van der Waals surface area (Å²) in [4.78, 5) is 25.6. The number of aromatic nitrogens is 5. The van der Waals surface area contributed by atoms with E-state index in [1.54, 1.807) is 0 Å². The van der Waals surface area contributed by atoms with Gasteiger partial charge in [0.05, 0.1) is 23.2 Å². The van der Waals surface area contributed by atoms with Crippen molar-refractivity contribution in [3.05, 3.63) is 70.7 Å². The summed E-state index contributed by atoms with van der Waals surface area (Å²) in [5, 5.41) is 14.4. The van der Waals surface area contributed by atoms with Crippen LogP contribution in [0.25, 0.3) is 5.52 Å². The molecule has 0 spiro atoms. The van der Waals surface area contributed by atoms with Gasteiger partial charge in [-0.25, -0.2) is 23.3 Å². The molecule has 1 fully saturated rings. The molecule has 1 aliphatic heterocycles. The zero-order chi connectivity index (χ0) is 25.4. The Morgan fingerprint density at radius 2 is 2.06 bits per heavy atom. The van der Waals surface area contributed by atoms with Crippen LogP contribution in [0.3, 0.4) is 0 Å². The maximum atomic E-state index is 13.8. The third-order valence-electron chi connectivity index (χ3n) is 6.44. The molecule has 4 aromatic heterocycles. The maximum Gasteiger partial charge on any atom is 0.433 e. The third-order valence-corrected chi connectivity index (χ3v) is 6.44. The Bertz CT molecular complexity index is 1480. The van der Waals surface area contributed by atoms with E-state index in [9.17, 15) is 31.9 Å². The molecular weight excluding hydrogens is 491 g/mol. The monoisotopic (exact) mass is 508 g/mol. The van der Waals surface area contributed by atoms with E-state index in [-0.39, 0.29) is 42.9 Å². The highest BCUT2D eigenvalue weighted by molar-refractivity contribution is 5.93. The number of H-pyrrole nitrogens is 1. The third kappa shape index (κ3) is 3.46. The molecule has 1 aliphatic carbocycles. The van der Waals surface area contributed by atoms with Gasteiger partial charge in [0, 0.05) is 18.7 Å². The molecule has 0 saturated heterocycles. The van der Waals surface area contributed by atoms with E-state index in [2.05, 4.69) is 20.1 Å². The molecule has 2 aliphatic rings. The van der Waals surface area contributed by atoms with Crippen molar-refractivity contribution in [3.63, 3.8) is 0 Å². The Hall–Kier alpha value is -3.81. The van der Waals surface area contributed by atoms with Crippen LogP contribution in [0.15, 0.2) is 35.0 Å². The van der Waals surface area contributed by atoms with Gasteiger partial charge < -0.3 is 19.4 Å². The lowest BCUT2D eigenvalue weighted by Gasteiger charge is -2.33. The summed E-state index contributed by atoms with van der Waals surface area (Å²) in [7, 11) is 0. The molecule has 6 rings (SSSR count). The van der Waals surface area contributed by atoms with Crippen molar-refractivity contribution >= 4 is 11.4 Å². The molecule has 1 atom stereocenters. The number of carbonyl (C=O) groups excluding carboxylic acids is 1. The average Bonchev–Trinajstić information content (AvgIpc) is 3.24. The highest BCUT2D eigenvalue weighted by Crippen LogP contribution is 2.46. The second-order valence-corrected chi connectivity index (χ2v) is 8.80. The van der Waals surface area contributed by atoms with Crippen LogP contribution in [0.1, 0.15) is 70.2 Å². The number of amides is 1. The molecule has 0 bridgehead atoms. The molecule has 0 radical (unpaired) electrons. The normalized spacial score (nSPS) is 19.2. The lowest BCUT2D eigenvalue weighted by atomic mass is 9.99. The van der Waals surface area contributed by atoms with Crippen molar-refractivity contribution in [3.8, 4) is 0 Å². The van der Waals surface area contributed by atoms with Gasteiger partial charge in [0.2, 0.25) is 11.7 Å². The van der Waals surface area contributed by atoms with E-state index in [0.29, 0.717) is 11.4 Å². The highest BCUT2D eigenvalue weighted by atomic mass is 19.4. The number of fused-ring (bicyclic) bond motifs is 2. The van der Waals surface area contributed by atoms with Gasteiger partial charge in [-0.3, -0.25) is 4.79 Å². The molecule has 5 heterocycles. The predicted molar refractivity (Wildman–Crippen MR) is 110 cm³/mol. The quantitative estimate of drug-likeness (QED) is 0.406. The van der Waals surface area contributed by atoms with Crippen LogP contribution in [0.5, 0.6) is 0 Å². The SMILES string of the molecule is O=C(c1oc(C2(O)CC2)nc1C(F)F)N1CCc2[nH]cnc2[C@@H]1c1cc2cccc(C(F)(F)F)n2n1. The fourth-order valence-electron chi connectivity index (χ4n) is 4.47. The lowest BCUT2D eigenvalue weighted by Crippen LogP contribution is -2.41. The van der Waals surface area contributed by atoms with Crippen LogP contribution < -0.4 is 0 Å². The number of nitrogens with one attached hydrogen (secondary N) is 1. The van der Waals surface area contributed by atoms with Crippen LogP contribution in [-0.2, 0) is 18.2 Å². The van der Waals surface area contributed by atoms with Gasteiger partial charge in [0.15, 0.2) is 5.69 Å². The second kappa shape index (κ2) is 7.59. The van der Waals surface area contributed by atoms with Crippen LogP contribution in [0.2, 0.25) is 0 Å². The van der Waals surface area contributed by atoms with Crippen molar-refractivity contribution in [1.82, 2.24) is 29.5 Å². The Balaban J connectivity index is 1.47. The second-order valence-electron chi connectivity index (χ2n) is 8.80. The summed E-state index contributed by atoms with van der Waals surface area (Å²) >= 11 is 0. The first kappa shape index (κ1) is 22.6. The van der Waals surface area contributed by atoms with Crippen molar-refractivity contribution in [2.75, 3.05) is 6.54 Å². The summed E-state index contributed by atoms with van der Waals surface area (Å²) in [6.07, 6.45) is -5.66. The number of aromatic amines is 1. The first-order valence-electron chi connectivity index (χ1n) is 11.0. The number of carbonyl (C=O) groups is 1. The van der Waals surface area contributed by atoms with Gasteiger partial charge in [-0.05, 0) is 31.0 Å². The van der Waals surface area contributed by atoms with E-state index < -0.39 is 47.3 Å². The van der Waals surface area contributed by atoms with Gasteiger partial charge in [-0.15, -0.1) is 0 Å². The summed E-state index contributed by atoms with van der Waals surface area (Å²) in [6.45, 7) is 0.0155. The largest absolute Gasteiger partial charge is 0.433 e. The molecule has 14 heteroatoms. The Morgan fingerprint density at radius 3 is 2.75 bits per heavy atom.